The van der Waals surface area contributed by atoms with Crippen LogP contribution in [0.15, 0.2) is 0 Å². The lowest BCUT2D eigenvalue weighted by atomic mass is 10.6. The molecule has 4 N–H and O–H groups in total. The average molecular weight is 266 g/mol. The Morgan fingerprint density at radius 3 is 1.44 bits per heavy atom. The molecular weight excluding hydrogens is 254 g/mol. The van der Waals surface area contributed by atoms with Gasteiger partial charge in [-0.1, -0.05) is 0 Å². The van der Waals surface area contributed by atoms with E-state index < -0.39 is 0 Å². The molecule has 0 heterocycles. The number of halogens is 2. The summed E-state index contributed by atoms with van der Waals surface area (Å²) in [6, 6.07) is 0. The third-order valence-electron chi connectivity index (χ3n) is 0.666. The molecule has 0 saturated heterocycles. The Bertz CT molecular complexity index is 35.7. The van der Waals surface area contributed by atoms with E-state index in [9.17, 15) is 0 Å². The Hall–Kier alpha value is 0.840. The second-order valence-electron chi connectivity index (χ2n) is 1.31. The van der Waals surface area contributed by atoms with E-state index in [2.05, 4.69) is 0 Å². The monoisotopic (exact) mass is 264 g/mol. The summed E-state index contributed by atoms with van der Waals surface area (Å²) in [6.07, 6.45) is 0. The molecule has 0 aromatic carbocycles. The third kappa shape index (κ3) is 17.7. The van der Waals surface area contributed by atoms with Crippen LogP contribution in [0.4, 0.5) is 0 Å². The van der Waals surface area contributed by atoms with Gasteiger partial charge in [0.15, 0.2) is 0 Å². The van der Waals surface area contributed by atoms with Crippen molar-refractivity contribution in [2.24, 2.45) is 0 Å². The number of rotatable bonds is 4. The molecule has 0 aliphatic carbocycles. The molecule has 0 spiro atoms. The van der Waals surface area contributed by atoms with Gasteiger partial charge in [0.25, 0.3) is 0 Å². The summed E-state index contributed by atoms with van der Waals surface area (Å²) >= 11 is 0. The lowest BCUT2D eigenvalue weighted by Gasteiger charge is -1.91. The molecule has 0 fully saturated rings. The fourth-order valence-corrected chi connectivity index (χ4v) is 0.327. The van der Waals surface area contributed by atoms with E-state index in [-0.39, 0.29) is 47.2 Å². The van der Waals surface area contributed by atoms with Gasteiger partial charge in [-0.25, -0.2) is 0 Å². The van der Waals surface area contributed by atoms with Crippen molar-refractivity contribution in [3.8, 4) is 0 Å². The van der Waals surface area contributed by atoms with Gasteiger partial charge in [-0.3, -0.25) is 0 Å². The summed E-state index contributed by atoms with van der Waals surface area (Å²) in [5.74, 6) is 0. The zero-order valence-electron chi connectivity index (χ0n) is 5.06. The van der Waals surface area contributed by atoms with Gasteiger partial charge in [-0.15, -0.1) is 0 Å². The molecule has 0 bridgehead atoms. The highest BCUT2D eigenvalue weighted by molar-refractivity contribution is 4.15. The van der Waals surface area contributed by atoms with Gasteiger partial charge >= 0.3 is 0 Å². The smallest absolute Gasteiger partial charge is 0.0991 e. The number of hydrogen-bond acceptors (Lipinski definition) is 2. The van der Waals surface area contributed by atoms with Crippen LogP contribution >= 0.6 is 0 Å². The summed E-state index contributed by atoms with van der Waals surface area (Å²) in [4.78, 5) is 0. The van der Waals surface area contributed by atoms with Crippen molar-refractivity contribution in [1.82, 2.24) is 0 Å². The minimum absolute atomic E-state index is 0. The molecule has 5 heteroatoms. The highest BCUT2D eigenvalue weighted by Gasteiger charge is 1.82. The molecule has 60 valence electrons. The standard InChI is InChI=1S/C4H11NO2.2BrH/c6-3-1-5-2-4-7;;/h5-7H,1-4H2;2*1H/p-1. The Labute approximate surface area is 76.0 Å². The van der Waals surface area contributed by atoms with Gasteiger partial charge < -0.3 is 49.5 Å². The molecule has 0 saturated carbocycles. The second-order valence-corrected chi connectivity index (χ2v) is 1.31. The summed E-state index contributed by atoms with van der Waals surface area (Å²) in [7, 11) is 0. The van der Waals surface area contributed by atoms with Gasteiger partial charge in [0.1, 0.15) is 0 Å². The second kappa shape index (κ2) is 15.9. The number of hydrogen-bond donors (Lipinski definition) is 3. The summed E-state index contributed by atoms with van der Waals surface area (Å²) in [5, 5.41) is 18.2. The highest BCUT2D eigenvalue weighted by Crippen LogP contribution is 1.40. The van der Waals surface area contributed by atoms with E-state index >= 15 is 0 Å². The predicted octanol–water partition coefficient (Wildman–Crippen LogP) is -8.46. The maximum Gasteiger partial charge on any atom is 0.0991 e. The van der Waals surface area contributed by atoms with Crippen molar-refractivity contribution in [1.29, 1.82) is 0 Å². The fraction of sp³-hybridized carbons (Fsp3) is 1.00. The Kier molecular flexibility index (Phi) is 29.1. The van der Waals surface area contributed by atoms with Crippen LogP contribution in [0.2, 0.25) is 0 Å². The van der Waals surface area contributed by atoms with Gasteiger partial charge in [-0.2, -0.15) is 0 Å². The molecule has 0 atom stereocenters. The first-order valence-corrected chi connectivity index (χ1v) is 2.45. The van der Waals surface area contributed by atoms with E-state index in [0.29, 0.717) is 13.1 Å². The first kappa shape index (κ1) is 16.4. The van der Waals surface area contributed by atoms with Crippen molar-refractivity contribution in [3.63, 3.8) is 0 Å². The van der Waals surface area contributed by atoms with E-state index in [4.69, 9.17) is 10.2 Å². The summed E-state index contributed by atoms with van der Waals surface area (Å²) in [5.41, 5.74) is 0. The van der Waals surface area contributed by atoms with Crippen LogP contribution in [0.1, 0.15) is 0 Å². The van der Waals surface area contributed by atoms with Crippen LogP contribution in [0.5, 0.6) is 0 Å². The Morgan fingerprint density at radius 1 is 0.889 bits per heavy atom. The molecular formula is C4H12Br2NO2-. The van der Waals surface area contributed by atoms with E-state index in [0.717, 1.165) is 0 Å². The maximum absolute atomic E-state index is 8.18. The number of aliphatic hydroxyl groups excluding tert-OH is 2. The first-order chi connectivity index (χ1) is 3.41. The third-order valence-corrected chi connectivity index (χ3v) is 0.666. The van der Waals surface area contributed by atoms with Crippen LogP contribution in [0.3, 0.4) is 0 Å². The Balaban J connectivity index is -0.000000180. The highest BCUT2D eigenvalue weighted by atomic mass is 79.9. The summed E-state index contributed by atoms with van der Waals surface area (Å²) in [6.45, 7) is 1.78. The van der Waals surface area contributed by atoms with Crippen molar-refractivity contribution in [2.45, 2.75) is 0 Å². The van der Waals surface area contributed by atoms with Gasteiger partial charge in [0.05, 0.1) is 26.3 Å². The Morgan fingerprint density at radius 2 is 1.22 bits per heavy atom. The largest absolute Gasteiger partial charge is 1.00 e. The fourth-order valence-electron chi connectivity index (χ4n) is 0.327. The molecule has 0 aliphatic heterocycles. The lowest BCUT2D eigenvalue weighted by molar-refractivity contribution is -0.657. The zero-order chi connectivity index (χ0) is 5.54. The SMILES string of the molecule is OCC[NH2+]CCO.[Br-].[Br-]. The zero-order valence-corrected chi connectivity index (χ0v) is 8.23. The molecule has 0 unspecified atom stereocenters. The van der Waals surface area contributed by atoms with E-state index in [1.165, 1.54) is 0 Å². The van der Waals surface area contributed by atoms with Crippen molar-refractivity contribution < 1.29 is 49.5 Å². The summed E-state index contributed by atoms with van der Waals surface area (Å²) < 4.78 is 0. The minimum atomic E-state index is 0. The topological polar surface area (TPSA) is 57.1 Å². The quantitative estimate of drug-likeness (QED) is 0.443. The van der Waals surface area contributed by atoms with Crippen molar-refractivity contribution >= 4 is 0 Å². The van der Waals surface area contributed by atoms with Crippen LogP contribution in [0.25, 0.3) is 0 Å². The van der Waals surface area contributed by atoms with Gasteiger partial charge in [0.2, 0.25) is 0 Å². The minimum Gasteiger partial charge on any atom is -1.00 e. The maximum atomic E-state index is 8.18. The van der Waals surface area contributed by atoms with Crippen molar-refractivity contribution in [3.05, 3.63) is 0 Å². The number of aliphatic hydroxyl groups is 2. The van der Waals surface area contributed by atoms with Crippen molar-refractivity contribution in [2.75, 3.05) is 26.3 Å². The van der Waals surface area contributed by atoms with Gasteiger partial charge in [-0.05, 0) is 0 Å². The van der Waals surface area contributed by atoms with E-state index in [1.54, 1.807) is 0 Å². The molecule has 3 nitrogen and oxygen atoms in total. The lowest BCUT2D eigenvalue weighted by Crippen LogP contribution is -3.00. The van der Waals surface area contributed by atoms with E-state index in [1.807, 2.05) is 5.32 Å². The molecule has 0 rings (SSSR count). The molecule has 0 aromatic rings. The average Bonchev–Trinajstić information content (AvgIpc) is 1.69. The van der Waals surface area contributed by atoms with Crippen LogP contribution in [-0.2, 0) is 0 Å². The van der Waals surface area contributed by atoms with Gasteiger partial charge in [0, 0.05) is 0 Å². The molecule has 0 amide bonds. The van der Waals surface area contributed by atoms with Crippen LogP contribution in [-0.4, -0.2) is 36.5 Å². The normalized spacial score (nSPS) is 7.33. The molecule has 0 aromatic heterocycles. The number of quaternary nitrogens is 1. The molecule has 0 aliphatic rings. The van der Waals surface area contributed by atoms with Crippen LogP contribution < -0.4 is 39.3 Å². The van der Waals surface area contributed by atoms with Crippen LogP contribution in [0, 0.1) is 0 Å². The molecule has 0 radical (unpaired) electrons. The molecule has 9 heavy (non-hydrogen) atoms. The first-order valence-electron chi connectivity index (χ1n) is 2.45. The predicted molar refractivity (Wildman–Crippen MR) is 25.8 cm³/mol. The number of nitrogens with two attached hydrogens (primary N) is 1.